The van der Waals surface area contributed by atoms with Crippen molar-refractivity contribution in [1.82, 2.24) is 4.90 Å². The van der Waals surface area contributed by atoms with Crippen molar-refractivity contribution in [2.24, 2.45) is 11.8 Å². The van der Waals surface area contributed by atoms with Gasteiger partial charge in [-0.05, 0) is 87.2 Å². The molecule has 0 saturated heterocycles. The van der Waals surface area contributed by atoms with Crippen molar-refractivity contribution in [3.8, 4) is 0 Å². The molecule has 2 fully saturated rings. The molecule has 2 aliphatic carbocycles. The van der Waals surface area contributed by atoms with Gasteiger partial charge in [0.1, 0.15) is 6.23 Å². The molecule has 0 bridgehead atoms. The first-order chi connectivity index (χ1) is 18.6. The quantitative estimate of drug-likeness (QED) is 0.143. The molecule has 0 aromatic heterocycles. The molecule has 1 aromatic carbocycles. The van der Waals surface area contributed by atoms with Gasteiger partial charge in [-0.25, -0.2) is 4.79 Å². The Kier molecular flexibility index (Phi) is 13.3. The second kappa shape index (κ2) is 16.1. The van der Waals surface area contributed by atoms with Gasteiger partial charge in [-0.3, -0.25) is 9.69 Å². The van der Waals surface area contributed by atoms with Crippen molar-refractivity contribution < 1.29 is 34.0 Å². The van der Waals surface area contributed by atoms with Crippen LogP contribution in [0.2, 0.25) is 10.0 Å². The number of ether oxygens (including phenoxy) is 2. The van der Waals surface area contributed by atoms with Gasteiger partial charge in [0, 0.05) is 13.5 Å². The van der Waals surface area contributed by atoms with E-state index in [0.717, 1.165) is 68.9 Å². The summed E-state index contributed by atoms with van der Waals surface area (Å²) in [5, 5.41) is 11.9. The second-order valence-corrected chi connectivity index (χ2v) is 12.3. The summed E-state index contributed by atoms with van der Waals surface area (Å²) in [6, 6.07) is 5.22. The van der Waals surface area contributed by atoms with E-state index >= 15 is 0 Å². The number of hydrogen-bond donors (Lipinski definition) is 3. The SMILES string of the molecule is CC(OC(=O)C1CCCCC1)OC(=O)N(CCc1ccc(Cl)c(Cl)c1)C(O)CCC1CCCC(=CP(O)O)C1. The number of halogens is 2. The zero-order valence-electron chi connectivity index (χ0n) is 22.4. The molecule has 2 aliphatic rings. The average molecular weight is 605 g/mol. The summed E-state index contributed by atoms with van der Waals surface area (Å²) in [5.41, 5.74) is 1.87. The van der Waals surface area contributed by atoms with Gasteiger partial charge in [0.25, 0.3) is 0 Å². The number of amides is 1. The Morgan fingerprint density at radius 1 is 1.10 bits per heavy atom. The fraction of sp³-hybridized carbons (Fsp3) is 0.643. The van der Waals surface area contributed by atoms with Crippen molar-refractivity contribution >= 4 is 43.6 Å². The Balaban J connectivity index is 1.61. The molecule has 8 nitrogen and oxygen atoms in total. The lowest BCUT2D eigenvalue weighted by molar-refractivity contribution is -0.173. The summed E-state index contributed by atoms with van der Waals surface area (Å²) in [7, 11) is -2.07. The third-order valence-corrected chi connectivity index (χ3v) is 8.83. The van der Waals surface area contributed by atoms with Crippen LogP contribution in [0.15, 0.2) is 29.6 Å². The van der Waals surface area contributed by atoms with Crippen LogP contribution in [-0.2, 0) is 20.7 Å². The van der Waals surface area contributed by atoms with Gasteiger partial charge in [-0.15, -0.1) is 0 Å². The number of rotatable bonds is 11. The van der Waals surface area contributed by atoms with E-state index in [1.165, 1.54) is 17.6 Å². The van der Waals surface area contributed by atoms with Crippen LogP contribution >= 0.6 is 31.6 Å². The van der Waals surface area contributed by atoms with E-state index in [-0.39, 0.29) is 24.3 Å². The van der Waals surface area contributed by atoms with E-state index in [2.05, 4.69) is 0 Å². The fourth-order valence-electron chi connectivity index (χ4n) is 5.40. The number of allylic oxidation sites excluding steroid dienone is 1. The molecule has 0 aliphatic heterocycles. The van der Waals surface area contributed by atoms with Gasteiger partial charge >= 0.3 is 12.1 Å². The normalized spacial score (nSPS) is 21.0. The predicted molar refractivity (Wildman–Crippen MR) is 152 cm³/mol. The zero-order valence-corrected chi connectivity index (χ0v) is 24.8. The minimum Gasteiger partial charge on any atom is -0.425 e. The summed E-state index contributed by atoms with van der Waals surface area (Å²) >= 11 is 12.2. The fourth-order valence-corrected chi connectivity index (χ4v) is 6.28. The smallest absolute Gasteiger partial charge is 0.414 e. The Hall–Kier alpha value is -1.41. The van der Waals surface area contributed by atoms with Crippen LogP contribution in [0, 0.1) is 11.8 Å². The molecule has 218 valence electrons. The molecule has 1 aromatic rings. The van der Waals surface area contributed by atoms with Gasteiger partial charge in [-0.2, -0.15) is 0 Å². The van der Waals surface area contributed by atoms with Gasteiger partial charge in [0.15, 0.2) is 8.38 Å². The van der Waals surface area contributed by atoms with Crippen LogP contribution in [-0.4, -0.2) is 50.9 Å². The van der Waals surface area contributed by atoms with Crippen LogP contribution in [0.4, 0.5) is 4.79 Å². The van der Waals surface area contributed by atoms with Gasteiger partial charge in [0.2, 0.25) is 6.29 Å². The minimum atomic E-state index is -2.07. The summed E-state index contributed by atoms with van der Waals surface area (Å²) < 4.78 is 10.9. The number of carbonyl (C=O) groups is 2. The van der Waals surface area contributed by atoms with Crippen molar-refractivity contribution in [3.63, 3.8) is 0 Å². The molecule has 11 heteroatoms. The summed E-state index contributed by atoms with van der Waals surface area (Å²) in [5.74, 6) is 1.29. The zero-order chi connectivity index (χ0) is 28.4. The van der Waals surface area contributed by atoms with E-state index in [9.17, 15) is 24.5 Å². The maximum absolute atomic E-state index is 13.2. The highest BCUT2D eigenvalue weighted by Crippen LogP contribution is 2.37. The number of carbonyl (C=O) groups excluding carboxylic acids is 2. The Morgan fingerprint density at radius 3 is 2.54 bits per heavy atom. The first-order valence-corrected chi connectivity index (χ1v) is 15.9. The van der Waals surface area contributed by atoms with Gasteiger partial charge in [0.05, 0.1) is 16.0 Å². The summed E-state index contributed by atoms with van der Waals surface area (Å²) in [6.45, 7) is 1.67. The molecule has 3 unspecified atom stereocenters. The van der Waals surface area contributed by atoms with Crippen LogP contribution < -0.4 is 0 Å². The maximum atomic E-state index is 13.2. The third kappa shape index (κ3) is 10.8. The topological polar surface area (TPSA) is 117 Å². The number of nitrogens with zero attached hydrogens (tertiary/aromatic N) is 1. The maximum Gasteiger partial charge on any atom is 0.414 e. The van der Waals surface area contributed by atoms with Crippen molar-refractivity contribution in [2.75, 3.05) is 6.54 Å². The van der Waals surface area contributed by atoms with Crippen LogP contribution in [0.3, 0.4) is 0 Å². The lowest BCUT2D eigenvalue weighted by atomic mass is 9.83. The molecule has 1 amide bonds. The molecule has 2 saturated carbocycles. The molecular weight excluding hydrogens is 564 g/mol. The lowest BCUT2D eigenvalue weighted by Crippen LogP contribution is -2.44. The number of aliphatic hydroxyl groups is 1. The monoisotopic (exact) mass is 603 g/mol. The average Bonchev–Trinajstić information content (AvgIpc) is 2.89. The molecule has 3 rings (SSSR count). The molecule has 3 atom stereocenters. The standard InChI is InChI=1S/C28H40Cl2NO7P/c1-19(37-27(33)23-8-3-2-4-9-23)38-28(34)31(15-14-21-10-12-24(29)25(30)17-21)26(32)13-11-20-6-5-7-22(16-20)18-39(35)36/h10,12,17-20,23,26,32,35-36H,2-9,11,13-16H2,1H3. The first kappa shape index (κ1) is 32.1. The highest BCUT2D eigenvalue weighted by Gasteiger charge is 2.29. The lowest BCUT2D eigenvalue weighted by Gasteiger charge is -2.31. The third-order valence-electron chi connectivity index (χ3n) is 7.50. The van der Waals surface area contributed by atoms with Crippen LogP contribution in [0.5, 0.6) is 0 Å². The van der Waals surface area contributed by atoms with E-state index in [4.69, 9.17) is 32.7 Å². The van der Waals surface area contributed by atoms with E-state index in [0.29, 0.717) is 29.3 Å². The van der Waals surface area contributed by atoms with Crippen molar-refractivity contribution in [1.29, 1.82) is 0 Å². The van der Waals surface area contributed by atoms with Gasteiger partial charge < -0.3 is 24.4 Å². The second-order valence-electron chi connectivity index (χ2n) is 10.5. The molecule has 39 heavy (non-hydrogen) atoms. The molecule has 0 radical (unpaired) electrons. The number of benzene rings is 1. The summed E-state index contributed by atoms with van der Waals surface area (Å²) in [4.78, 5) is 45.6. The highest BCUT2D eigenvalue weighted by molar-refractivity contribution is 7.48. The van der Waals surface area contributed by atoms with E-state index in [1.54, 1.807) is 12.1 Å². The minimum absolute atomic E-state index is 0.163. The first-order valence-electron chi connectivity index (χ1n) is 13.8. The van der Waals surface area contributed by atoms with Crippen LogP contribution in [0.1, 0.15) is 83.1 Å². The van der Waals surface area contributed by atoms with E-state index < -0.39 is 27.0 Å². The number of hydrogen-bond acceptors (Lipinski definition) is 7. The van der Waals surface area contributed by atoms with Crippen molar-refractivity contribution in [2.45, 2.75) is 96.5 Å². The Morgan fingerprint density at radius 2 is 1.85 bits per heavy atom. The Bertz CT molecular complexity index is 987. The molecule has 0 spiro atoms. The highest BCUT2D eigenvalue weighted by atomic mass is 35.5. The number of aliphatic hydroxyl groups excluding tert-OH is 1. The van der Waals surface area contributed by atoms with E-state index in [1.807, 2.05) is 6.07 Å². The van der Waals surface area contributed by atoms with Crippen LogP contribution in [0.25, 0.3) is 0 Å². The Labute approximate surface area is 242 Å². The molecule has 0 heterocycles. The largest absolute Gasteiger partial charge is 0.425 e. The van der Waals surface area contributed by atoms with Gasteiger partial charge in [-0.1, -0.05) is 54.1 Å². The number of esters is 1. The van der Waals surface area contributed by atoms with Crippen molar-refractivity contribution in [3.05, 3.63) is 45.2 Å². The molecule has 3 N–H and O–H groups in total. The molecular formula is C28H40Cl2NO7P. The predicted octanol–water partition coefficient (Wildman–Crippen LogP) is 6.91. The summed E-state index contributed by atoms with van der Waals surface area (Å²) in [6.07, 6.45) is 6.62.